The van der Waals surface area contributed by atoms with Gasteiger partial charge in [-0.2, -0.15) is 0 Å². The van der Waals surface area contributed by atoms with Crippen molar-refractivity contribution >= 4 is 18.0 Å². The van der Waals surface area contributed by atoms with Gasteiger partial charge in [0.25, 0.3) is 0 Å². The SMILES string of the molecule is N=CN(CCCCO)C(=N)c1cccc(N)n1. The second-order valence-electron chi connectivity index (χ2n) is 3.55. The number of nitrogens with zero attached hydrogens (tertiary/aromatic N) is 2. The summed E-state index contributed by atoms with van der Waals surface area (Å²) < 4.78 is 0. The molecular weight excluding hydrogens is 218 g/mol. The van der Waals surface area contributed by atoms with Crippen LogP contribution in [0.4, 0.5) is 5.82 Å². The van der Waals surface area contributed by atoms with E-state index in [4.69, 9.17) is 21.7 Å². The fourth-order valence-corrected chi connectivity index (χ4v) is 1.37. The van der Waals surface area contributed by atoms with Crippen molar-refractivity contribution in [3.05, 3.63) is 23.9 Å². The maximum Gasteiger partial charge on any atom is 0.152 e. The minimum absolute atomic E-state index is 0.121. The molecule has 0 aliphatic heterocycles. The smallest absolute Gasteiger partial charge is 0.152 e. The van der Waals surface area contributed by atoms with Gasteiger partial charge in [-0.15, -0.1) is 0 Å². The number of hydrogen-bond donors (Lipinski definition) is 4. The summed E-state index contributed by atoms with van der Waals surface area (Å²) >= 11 is 0. The van der Waals surface area contributed by atoms with E-state index in [2.05, 4.69) is 4.98 Å². The Bertz CT molecular complexity index is 393. The molecule has 1 rings (SSSR count). The van der Waals surface area contributed by atoms with Gasteiger partial charge in [0.15, 0.2) is 5.84 Å². The zero-order chi connectivity index (χ0) is 12.7. The number of aliphatic hydroxyl groups excluding tert-OH is 1. The van der Waals surface area contributed by atoms with Crippen LogP contribution < -0.4 is 5.73 Å². The minimum atomic E-state index is 0.121. The first-order chi connectivity index (χ1) is 8.19. The molecule has 0 unspecified atom stereocenters. The summed E-state index contributed by atoms with van der Waals surface area (Å²) in [7, 11) is 0. The minimum Gasteiger partial charge on any atom is -0.396 e. The van der Waals surface area contributed by atoms with Crippen LogP contribution >= 0.6 is 0 Å². The summed E-state index contributed by atoms with van der Waals surface area (Å²) in [5.74, 6) is 0.498. The van der Waals surface area contributed by atoms with Crippen molar-refractivity contribution < 1.29 is 5.11 Å². The van der Waals surface area contributed by atoms with Crippen molar-refractivity contribution in [3.8, 4) is 0 Å². The number of hydrogen-bond acceptors (Lipinski definition) is 5. The van der Waals surface area contributed by atoms with Crippen molar-refractivity contribution in [1.29, 1.82) is 10.8 Å². The Morgan fingerprint density at radius 2 is 2.24 bits per heavy atom. The molecule has 92 valence electrons. The molecule has 6 nitrogen and oxygen atoms in total. The van der Waals surface area contributed by atoms with E-state index in [0.29, 0.717) is 24.5 Å². The molecule has 6 heteroatoms. The lowest BCUT2D eigenvalue weighted by Gasteiger charge is -2.19. The van der Waals surface area contributed by atoms with Crippen LogP contribution in [-0.2, 0) is 0 Å². The number of unbranched alkanes of at least 4 members (excludes halogenated alkanes) is 1. The normalized spacial score (nSPS) is 9.94. The van der Waals surface area contributed by atoms with Gasteiger partial charge in [0.1, 0.15) is 11.5 Å². The van der Waals surface area contributed by atoms with E-state index in [1.807, 2.05) is 0 Å². The van der Waals surface area contributed by atoms with Gasteiger partial charge in [0, 0.05) is 13.2 Å². The molecule has 1 heterocycles. The average Bonchev–Trinajstić information content (AvgIpc) is 2.34. The molecular formula is C11H17N5O. The number of aromatic nitrogens is 1. The van der Waals surface area contributed by atoms with Crippen molar-refractivity contribution in [2.45, 2.75) is 12.8 Å². The number of nitrogens with one attached hydrogen (secondary N) is 2. The number of pyridine rings is 1. The van der Waals surface area contributed by atoms with Crippen molar-refractivity contribution in [3.63, 3.8) is 0 Å². The third-order valence-corrected chi connectivity index (χ3v) is 2.26. The molecule has 0 radical (unpaired) electrons. The summed E-state index contributed by atoms with van der Waals surface area (Å²) in [6, 6.07) is 5.06. The van der Waals surface area contributed by atoms with E-state index in [9.17, 15) is 0 Å². The highest BCUT2D eigenvalue weighted by molar-refractivity contribution is 6.00. The zero-order valence-corrected chi connectivity index (χ0v) is 9.56. The van der Waals surface area contributed by atoms with E-state index in [-0.39, 0.29) is 12.4 Å². The van der Waals surface area contributed by atoms with Crippen molar-refractivity contribution in [2.24, 2.45) is 0 Å². The largest absolute Gasteiger partial charge is 0.396 e. The predicted octanol–water partition coefficient (Wildman–Crippen LogP) is 0.671. The van der Waals surface area contributed by atoms with Gasteiger partial charge in [-0.1, -0.05) is 6.07 Å². The van der Waals surface area contributed by atoms with Gasteiger partial charge in [0.05, 0.1) is 6.34 Å². The molecule has 0 aromatic carbocycles. The molecule has 0 aliphatic carbocycles. The van der Waals surface area contributed by atoms with E-state index in [0.717, 1.165) is 12.8 Å². The van der Waals surface area contributed by atoms with Crippen molar-refractivity contribution in [1.82, 2.24) is 9.88 Å². The third-order valence-electron chi connectivity index (χ3n) is 2.26. The Morgan fingerprint density at radius 3 is 2.82 bits per heavy atom. The summed E-state index contributed by atoms with van der Waals surface area (Å²) in [6.45, 7) is 0.634. The Morgan fingerprint density at radius 1 is 1.47 bits per heavy atom. The Balaban J connectivity index is 2.69. The quantitative estimate of drug-likeness (QED) is 0.330. The highest BCUT2D eigenvalue weighted by atomic mass is 16.2. The lowest BCUT2D eigenvalue weighted by molar-refractivity contribution is 0.281. The summed E-state index contributed by atoms with van der Waals surface area (Å²) in [5.41, 5.74) is 5.99. The molecule has 0 atom stereocenters. The number of nitrogen functional groups attached to an aromatic ring is 1. The average molecular weight is 235 g/mol. The van der Waals surface area contributed by atoms with Crippen LogP contribution in [0.25, 0.3) is 0 Å². The zero-order valence-electron chi connectivity index (χ0n) is 9.56. The summed E-state index contributed by atoms with van der Waals surface area (Å²) in [6.07, 6.45) is 2.46. The van der Waals surface area contributed by atoms with Crippen LogP contribution in [0.2, 0.25) is 0 Å². The van der Waals surface area contributed by atoms with Gasteiger partial charge < -0.3 is 15.7 Å². The highest BCUT2D eigenvalue weighted by Crippen LogP contribution is 2.05. The molecule has 0 saturated carbocycles. The number of aliphatic hydroxyl groups is 1. The van der Waals surface area contributed by atoms with E-state index >= 15 is 0 Å². The Hall–Kier alpha value is -1.95. The topological polar surface area (TPSA) is 110 Å². The molecule has 0 spiro atoms. The second kappa shape index (κ2) is 6.59. The second-order valence-corrected chi connectivity index (χ2v) is 3.55. The number of anilines is 1. The molecule has 17 heavy (non-hydrogen) atoms. The van der Waals surface area contributed by atoms with Gasteiger partial charge in [0.2, 0.25) is 0 Å². The summed E-state index contributed by atoms with van der Waals surface area (Å²) in [5, 5.41) is 23.9. The fraction of sp³-hybridized carbons (Fsp3) is 0.364. The maximum atomic E-state index is 8.69. The number of nitrogens with two attached hydrogens (primary N) is 1. The van der Waals surface area contributed by atoms with E-state index in [1.165, 1.54) is 4.90 Å². The fourth-order valence-electron chi connectivity index (χ4n) is 1.37. The first kappa shape index (κ1) is 13.1. The van der Waals surface area contributed by atoms with Crippen LogP contribution in [0.15, 0.2) is 18.2 Å². The van der Waals surface area contributed by atoms with Crippen LogP contribution in [0, 0.1) is 10.8 Å². The number of amidine groups is 1. The molecule has 0 fully saturated rings. The van der Waals surface area contributed by atoms with Gasteiger partial charge in [-0.25, -0.2) is 4.98 Å². The molecule has 1 aromatic rings. The highest BCUT2D eigenvalue weighted by Gasteiger charge is 2.10. The molecule has 0 saturated heterocycles. The molecule has 0 aliphatic rings. The lowest BCUT2D eigenvalue weighted by atomic mass is 10.2. The van der Waals surface area contributed by atoms with Crippen LogP contribution in [-0.4, -0.2) is 40.3 Å². The third kappa shape index (κ3) is 3.84. The Kier molecular flexibility index (Phi) is 5.09. The molecule has 0 amide bonds. The first-order valence-corrected chi connectivity index (χ1v) is 5.38. The van der Waals surface area contributed by atoms with Crippen LogP contribution in [0.3, 0.4) is 0 Å². The lowest BCUT2D eigenvalue weighted by Crippen LogP contribution is -2.31. The molecule has 1 aromatic heterocycles. The summed E-state index contributed by atoms with van der Waals surface area (Å²) in [4.78, 5) is 5.50. The Labute approximate surface area is 100 Å². The number of rotatable bonds is 6. The van der Waals surface area contributed by atoms with E-state index < -0.39 is 0 Å². The van der Waals surface area contributed by atoms with E-state index in [1.54, 1.807) is 18.2 Å². The standard InChI is InChI=1S/C11H17N5O/c12-8-16(6-1-2-7-17)11(14)9-4-3-5-10(13)15-9/h3-5,8,12,14,17H,1-2,6-7H2,(H2,13,15). The predicted molar refractivity (Wildman–Crippen MR) is 67.3 cm³/mol. The van der Waals surface area contributed by atoms with Crippen LogP contribution in [0.1, 0.15) is 18.5 Å². The first-order valence-electron chi connectivity index (χ1n) is 5.38. The van der Waals surface area contributed by atoms with Gasteiger partial charge in [-0.3, -0.25) is 10.8 Å². The monoisotopic (exact) mass is 235 g/mol. The van der Waals surface area contributed by atoms with Gasteiger partial charge in [-0.05, 0) is 25.0 Å². The van der Waals surface area contributed by atoms with Crippen molar-refractivity contribution in [2.75, 3.05) is 18.9 Å². The van der Waals surface area contributed by atoms with Crippen LogP contribution in [0.5, 0.6) is 0 Å². The van der Waals surface area contributed by atoms with Gasteiger partial charge >= 0.3 is 0 Å². The molecule has 5 N–H and O–H groups in total. The molecule has 0 bridgehead atoms. The maximum absolute atomic E-state index is 8.69.